The minimum Gasteiger partial charge on any atom is -0.378 e. The molecule has 0 heterocycles. The van der Waals surface area contributed by atoms with E-state index in [0.717, 1.165) is 19.0 Å². The van der Waals surface area contributed by atoms with Gasteiger partial charge in [0.1, 0.15) is 9.84 Å². The summed E-state index contributed by atoms with van der Waals surface area (Å²) in [6, 6.07) is 8.43. The molecule has 0 fully saturated rings. The van der Waals surface area contributed by atoms with Crippen molar-refractivity contribution in [3.8, 4) is 0 Å². The highest BCUT2D eigenvalue weighted by Crippen LogP contribution is 2.06. The Morgan fingerprint density at radius 2 is 1.88 bits per heavy atom. The lowest BCUT2D eigenvalue weighted by Gasteiger charge is -2.22. The van der Waals surface area contributed by atoms with Crippen LogP contribution in [0.3, 0.4) is 0 Å². The van der Waals surface area contributed by atoms with Crippen LogP contribution in [0, 0.1) is 6.92 Å². The summed E-state index contributed by atoms with van der Waals surface area (Å²) in [6.07, 6.45) is 1.21. The van der Waals surface area contributed by atoms with Gasteiger partial charge in [-0.2, -0.15) is 0 Å². The Morgan fingerprint density at radius 3 is 2.44 bits per heavy atom. The molecule has 8 heteroatoms. The van der Waals surface area contributed by atoms with Crippen LogP contribution in [0.4, 0.5) is 0 Å². The molecule has 0 unspecified atom stereocenters. The van der Waals surface area contributed by atoms with E-state index < -0.39 is 9.84 Å². The molecule has 1 aromatic rings. The molecular formula is C17H30IN3O3S. The summed E-state index contributed by atoms with van der Waals surface area (Å²) in [7, 11) is -0.977. The molecule has 1 aromatic carbocycles. The molecule has 1 rings (SSSR count). The van der Waals surface area contributed by atoms with Crippen molar-refractivity contribution in [3.63, 3.8) is 0 Å². The number of hydrogen-bond donors (Lipinski definition) is 1. The predicted molar refractivity (Wildman–Crippen MR) is 115 cm³/mol. The normalized spacial score (nSPS) is 11.8. The molecule has 25 heavy (non-hydrogen) atoms. The number of nitrogens with zero attached hydrogens (tertiary/aromatic N) is 2. The second kappa shape index (κ2) is 12.5. The van der Waals surface area contributed by atoms with Gasteiger partial charge in [-0.25, -0.2) is 8.42 Å². The van der Waals surface area contributed by atoms with E-state index in [-0.39, 0.29) is 36.3 Å². The first-order chi connectivity index (χ1) is 11.3. The number of aliphatic imine (C=N–C) groups is 1. The third-order valence-corrected chi connectivity index (χ3v) is 4.24. The van der Waals surface area contributed by atoms with Crippen LogP contribution in [0.25, 0.3) is 0 Å². The lowest BCUT2D eigenvalue weighted by atomic mass is 10.1. The van der Waals surface area contributed by atoms with Crippen LogP contribution in [0.2, 0.25) is 0 Å². The molecule has 1 N–H and O–H groups in total. The fraction of sp³-hybridized carbons (Fsp3) is 0.588. The number of halogens is 1. The zero-order chi connectivity index (χ0) is 18.0. The average Bonchev–Trinajstić information content (AvgIpc) is 2.50. The Bertz CT molecular complexity index is 619. The van der Waals surface area contributed by atoms with E-state index in [9.17, 15) is 8.42 Å². The van der Waals surface area contributed by atoms with Crippen molar-refractivity contribution < 1.29 is 13.2 Å². The number of hydrogen-bond acceptors (Lipinski definition) is 4. The molecule has 0 saturated heterocycles. The number of benzene rings is 1. The first-order valence-corrected chi connectivity index (χ1v) is 10.2. The molecule has 0 radical (unpaired) electrons. The minimum atomic E-state index is -2.97. The summed E-state index contributed by atoms with van der Waals surface area (Å²) in [5, 5.41) is 3.25. The second-order valence-electron chi connectivity index (χ2n) is 5.82. The predicted octanol–water partition coefficient (Wildman–Crippen LogP) is 2.07. The zero-order valence-electron chi connectivity index (χ0n) is 15.5. The smallest absolute Gasteiger partial charge is 0.194 e. The summed E-state index contributed by atoms with van der Waals surface area (Å²) >= 11 is 0. The number of aryl methyl sites for hydroxylation is 1. The monoisotopic (exact) mass is 483 g/mol. The largest absolute Gasteiger partial charge is 0.378 e. The molecule has 0 bridgehead atoms. The highest BCUT2D eigenvalue weighted by atomic mass is 127. The summed E-state index contributed by atoms with van der Waals surface area (Å²) < 4.78 is 27.4. The molecule has 0 spiro atoms. The van der Waals surface area contributed by atoms with Crippen LogP contribution in [-0.4, -0.2) is 64.6 Å². The van der Waals surface area contributed by atoms with E-state index in [0.29, 0.717) is 13.2 Å². The number of sulfone groups is 1. The second-order valence-corrected chi connectivity index (χ2v) is 8.08. The van der Waals surface area contributed by atoms with Gasteiger partial charge in [-0.05, 0) is 19.4 Å². The minimum absolute atomic E-state index is 0. The SMILES string of the molecule is CCNC(=NCCOCCS(C)(=O)=O)N(C)Cc1ccc(C)cc1.I. The van der Waals surface area contributed by atoms with E-state index in [1.165, 1.54) is 17.4 Å². The van der Waals surface area contributed by atoms with Crippen molar-refractivity contribution >= 4 is 39.8 Å². The fourth-order valence-electron chi connectivity index (χ4n) is 2.04. The summed E-state index contributed by atoms with van der Waals surface area (Å²) in [5.74, 6) is 0.856. The third-order valence-electron chi connectivity index (χ3n) is 3.33. The quantitative estimate of drug-likeness (QED) is 0.252. The molecule has 0 saturated carbocycles. The molecule has 6 nitrogen and oxygen atoms in total. The Kier molecular flexibility index (Phi) is 12.0. The van der Waals surface area contributed by atoms with Crippen LogP contribution in [0.15, 0.2) is 29.3 Å². The van der Waals surface area contributed by atoms with Gasteiger partial charge in [-0.3, -0.25) is 4.99 Å². The van der Waals surface area contributed by atoms with Gasteiger partial charge in [0.05, 0.1) is 25.5 Å². The number of guanidine groups is 1. The molecule has 0 aliphatic heterocycles. The van der Waals surface area contributed by atoms with E-state index >= 15 is 0 Å². The Morgan fingerprint density at radius 1 is 1.24 bits per heavy atom. The van der Waals surface area contributed by atoms with Crippen molar-refractivity contribution in [3.05, 3.63) is 35.4 Å². The summed E-state index contributed by atoms with van der Waals surface area (Å²) in [4.78, 5) is 6.58. The van der Waals surface area contributed by atoms with E-state index in [2.05, 4.69) is 46.4 Å². The van der Waals surface area contributed by atoms with Gasteiger partial charge >= 0.3 is 0 Å². The van der Waals surface area contributed by atoms with Crippen molar-refractivity contribution in [2.24, 2.45) is 4.99 Å². The van der Waals surface area contributed by atoms with Gasteiger partial charge in [0.15, 0.2) is 5.96 Å². The number of nitrogens with one attached hydrogen (secondary N) is 1. The Hall–Kier alpha value is -0.870. The molecule has 0 aromatic heterocycles. The number of rotatable bonds is 9. The lowest BCUT2D eigenvalue weighted by molar-refractivity contribution is 0.157. The van der Waals surface area contributed by atoms with Crippen molar-refractivity contribution in [2.75, 3.05) is 45.4 Å². The first kappa shape index (κ1) is 24.1. The highest BCUT2D eigenvalue weighted by molar-refractivity contribution is 14.0. The van der Waals surface area contributed by atoms with Gasteiger partial charge in [-0.1, -0.05) is 29.8 Å². The van der Waals surface area contributed by atoms with Crippen LogP contribution in [0.5, 0.6) is 0 Å². The maximum atomic E-state index is 11.0. The van der Waals surface area contributed by atoms with Crippen LogP contribution < -0.4 is 5.32 Å². The standard InChI is InChI=1S/C17H29N3O3S.HI/c1-5-18-17(19-10-11-23-12-13-24(4,21)22)20(3)14-16-8-6-15(2)7-9-16;/h6-9H,5,10-14H2,1-4H3,(H,18,19);1H. The fourth-order valence-corrected chi connectivity index (χ4v) is 2.46. The van der Waals surface area contributed by atoms with Gasteiger partial charge < -0.3 is 15.0 Å². The van der Waals surface area contributed by atoms with E-state index in [1.807, 2.05) is 14.0 Å². The summed E-state index contributed by atoms with van der Waals surface area (Å²) in [6.45, 7) is 6.75. The highest BCUT2D eigenvalue weighted by Gasteiger charge is 2.06. The maximum absolute atomic E-state index is 11.0. The molecule has 0 atom stereocenters. The van der Waals surface area contributed by atoms with Crippen molar-refractivity contribution in [2.45, 2.75) is 20.4 Å². The topological polar surface area (TPSA) is 71.0 Å². The first-order valence-electron chi connectivity index (χ1n) is 8.12. The Balaban J connectivity index is 0.00000576. The zero-order valence-corrected chi connectivity index (χ0v) is 18.6. The van der Waals surface area contributed by atoms with Gasteiger partial charge in [0.25, 0.3) is 0 Å². The molecule has 0 aliphatic rings. The summed E-state index contributed by atoms with van der Waals surface area (Å²) in [5.41, 5.74) is 2.46. The molecular weight excluding hydrogens is 453 g/mol. The van der Waals surface area contributed by atoms with E-state index in [1.54, 1.807) is 0 Å². The molecule has 144 valence electrons. The van der Waals surface area contributed by atoms with Crippen LogP contribution in [-0.2, 0) is 21.1 Å². The van der Waals surface area contributed by atoms with Gasteiger partial charge in [0.2, 0.25) is 0 Å². The van der Waals surface area contributed by atoms with Crippen molar-refractivity contribution in [1.82, 2.24) is 10.2 Å². The Labute approximate surface area is 169 Å². The lowest BCUT2D eigenvalue weighted by Crippen LogP contribution is -2.38. The van der Waals surface area contributed by atoms with Crippen molar-refractivity contribution in [1.29, 1.82) is 0 Å². The molecule has 0 aliphatic carbocycles. The van der Waals surface area contributed by atoms with Gasteiger partial charge in [0, 0.05) is 26.4 Å². The van der Waals surface area contributed by atoms with Gasteiger partial charge in [-0.15, -0.1) is 24.0 Å². The van der Waals surface area contributed by atoms with Crippen LogP contribution in [0.1, 0.15) is 18.1 Å². The third kappa shape index (κ3) is 11.4. The maximum Gasteiger partial charge on any atom is 0.194 e. The number of ether oxygens (including phenoxy) is 1. The van der Waals surface area contributed by atoms with E-state index in [4.69, 9.17) is 4.74 Å². The molecule has 0 amide bonds. The average molecular weight is 483 g/mol. The van der Waals surface area contributed by atoms with Crippen LogP contribution >= 0.6 is 24.0 Å².